The standard InChI is InChI=1S/C20H23N3O3/c1-20(2,3)15-11-12(8-9-17(24)26-4)10-14(19(15)25)13-6-5-7-16-18(13)22-23-21-16/h5-7,10-11,25H,8-9H2,1-4H3,(H,21,22,23). The van der Waals surface area contributed by atoms with Crippen molar-refractivity contribution in [3.8, 4) is 16.9 Å². The lowest BCUT2D eigenvalue weighted by Gasteiger charge is -2.23. The van der Waals surface area contributed by atoms with E-state index < -0.39 is 0 Å². The van der Waals surface area contributed by atoms with Crippen LogP contribution in [-0.2, 0) is 21.4 Å². The first-order valence-electron chi connectivity index (χ1n) is 8.54. The molecule has 0 bridgehead atoms. The van der Waals surface area contributed by atoms with Gasteiger partial charge in [-0.25, -0.2) is 0 Å². The number of nitrogens with zero attached hydrogens (tertiary/aromatic N) is 2. The third-order valence-corrected chi connectivity index (χ3v) is 4.46. The average Bonchev–Trinajstić information content (AvgIpc) is 3.08. The van der Waals surface area contributed by atoms with E-state index in [1.54, 1.807) is 0 Å². The van der Waals surface area contributed by atoms with Gasteiger partial charge in [-0.1, -0.05) is 39.0 Å². The second-order valence-electron chi connectivity index (χ2n) is 7.36. The molecule has 0 saturated heterocycles. The second kappa shape index (κ2) is 6.78. The van der Waals surface area contributed by atoms with E-state index in [0.29, 0.717) is 23.9 Å². The van der Waals surface area contributed by atoms with Crippen molar-refractivity contribution in [1.82, 2.24) is 15.4 Å². The van der Waals surface area contributed by atoms with Crippen molar-refractivity contribution in [2.45, 2.75) is 39.0 Å². The number of phenolic OH excluding ortho intramolecular Hbond substituents is 1. The number of esters is 1. The number of carbonyl (C=O) groups excluding carboxylic acids is 1. The molecule has 0 spiro atoms. The average molecular weight is 353 g/mol. The number of ether oxygens (including phenoxy) is 1. The number of hydrogen-bond acceptors (Lipinski definition) is 5. The molecule has 136 valence electrons. The molecule has 2 N–H and O–H groups in total. The summed E-state index contributed by atoms with van der Waals surface area (Å²) in [6.45, 7) is 6.14. The van der Waals surface area contributed by atoms with Crippen LogP contribution in [0.1, 0.15) is 38.3 Å². The van der Waals surface area contributed by atoms with Crippen LogP contribution in [0.25, 0.3) is 22.2 Å². The van der Waals surface area contributed by atoms with Gasteiger partial charge in [0.1, 0.15) is 16.8 Å². The Kier molecular flexibility index (Phi) is 4.68. The van der Waals surface area contributed by atoms with Gasteiger partial charge in [0.2, 0.25) is 0 Å². The topological polar surface area (TPSA) is 88.1 Å². The second-order valence-corrected chi connectivity index (χ2v) is 7.36. The molecule has 1 heterocycles. The molecule has 0 amide bonds. The number of fused-ring (bicyclic) bond motifs is 1. The van der Waals surface area contributed by atoms with E-state index in [-0.39, 0.29) is 17.1 Å². The first kappa shape index (κ1) is 17.9. The van der Waals surface area contributed by atoms with Crippen molar-refractivity contribution in [3.63, 3.8) is 0 Å². The summed E-state index contributed by atoms with van der Waals surface area (Å²) in [5.74, 6) is -0.0228. The van der Waals surface area contributed by atoms with Crippen LogP contribution in [0, 0.1) is 0 Å². The predicted molar refractivity (Wildman–Crippen MR) is 100 cm³/mol. The number of methoxy groups -OCH3 is 1. The van der Waals surface area contributed by atoms with Gasteiger partial charge in [-0.3, -0.25) is 4.79 Å². The summed E-state index contributed by atoms with van der Waals surface area (Å²) in [7, 11) is 1.39. The number of para-hydroxylation sites is 1. The van der Waals surface area contributed by atoms with Gasteiger partial charge in [-0.2, -0.15) is 15.4 Å². The minimum Gasteiger partial charge on any atom is -0.507 e. The summed E-state index contributed by atoms with van der Waals surface area (Å²) in [6.07, 6.45) is 0.830. The number of rotatable bonds is 4. The number of H-pyrrole nitrogens is 1. The van der Waals surface area contributed by atoms with Crippen molar-refractivity contribution in [1.29, 1.82) is 0 Å². The van der Waals surface area contributed by atoms with Gasteiger partial charge in [0.05, 0.1) is 7.11 Å². The Morgan fingerprint density at radius 3 is 2.65 bits per heavy atom. The van der Waals surface area contributed by atoms with Crippen LogP contribution < -0.4 is 0 Å². The minimum absolute atomic E-state index is 0.231. The molecule has 1 aromatic heterocycles. The molecule has 6 nitrogen and oxygen atoms in total. The highest BCUT2D eigenvalue weighted by atomic mass is 16.5. The van der Waals surface area contributed by atoms with Gasteiger partial charge in [0, 0.05) is 23.1 Å². The van der Waals surface area contributed by atoms with Gasteiger partial charge in [-0.15, -0.1) is 0 Å². The Hall–Kier alpha value is -2.89. The highest BCUT2D eigenvalue weighted by Crippen LogP contribution is 2.41. The van der Waals surface area contributed by atoms with Gasteiger partial charge in [-0.05, 0) is 29.5 Å². The summed E-state index contributed by atoms with van der Waals surface area (Å²) in [5.41, 5.74) is 4.48. The largest absolute Gasteiger partial charge is 0.507 e. The van der Waals surface area contributed by atoms with Crippen LogP contribution in [0.15, 0.2) is 30.3 Å². The molecular weight excluding hydrogens is 330 g/mol. The Bertz CT molecular complexity index is 955. The highest BCUT2D eigenvalue weighted by molar-refractivity contribution is 5.93. The van der Waals surface area contributed by atoms with Crippen molar-refractivity contribution < 1.29 is 14.6 Å². The third-order valence-electron chi connectivity index (χ3n) is 4.46. The van der Waals surface area contributed by atoms with Gasteiger partial charge >= 0.3 is 5.97 Å². The molecule has 0 unspecified atom stereocenters. The maximum atomic E-state index is 11.5. The molecule has 6 heteroatoms. The van der Waals surface area contributed by atoms with Crippen molar-refractivity contribution in [2.24, 2.45) is 0 Å². The third kappa shape index (κ3) is 3.40. The zero-order valence-corrected chi connectivity index (χ0v) is 15.5. The summed E-state index contributed by atoms with van der Waals surface area (Å²) >= 11 is 0. The molecule has 0 atom stereocenters. The van der Waals surface area contributed by atoms with Crippen LogP contribution in [0.3, 0.4) is 0 Å². The molecule has 0 radical (unpaired) electrons. The number of aryl methyl sites for hydroxylation is 1. The van der Waals surface area contributed by atoms with Crippen LogP contribution in [0.2, 0.25) is 0 Å². The lowest BCUT2D eigenvalue weighted by atomic mass is 9.82. The smallest absolute Gasteiger partial charge is 0.305 e. The Morgan fingerprint density at radius 1 is 1.19 bits per heavy atom. The maximum Gasteiger partial charge on any atom is 0.305 e. The number of carbonyl (C=O) groups is 1. The lowest BCUT2D eigenvalue weighted by molar-refractivity contribution is -0.140. The Labute approximate surface area is 152 Å². The van der Waals surface area contributed by atoms with Crippen LogP contribution in [0.5, 0.6) is 5.75 Å². The molecule has 2 aromatic carbocycles. The number of aromatic nitrogens is 3. The van der Waals surface area contributed by atoms with E-state index in [2.05, 4.69) is 15.4 Å². The number of nitrogens with one attached hydrogen (secondary N) is 1. The zero-order chi connectivity index (χ0) is 18.9. The highest BCUT2D eigenvalue weighted by Gasteiger charge is 2.23. The molecule has 3 rings (SSSR count). The fourth-order valence-electron chi connectivity index (χ4n) is 3.05. The molecule has 0 aliphatic rings. The zero-order valence-electron chi connectivity index (χ0n) is 15.5. The van der Waals surface area contributed by atoms with E-state index in [9.17, 15) is 9.90 Å². The number of hydrogen-bond donors (Lipinski definition) is 2. The van der Waals surface area contributed by atoms with E-state index in [1.165, 1.54) is 7.11 Å². The predicted octanol–water partition coefficient (Wildman–Crippen LogP) is 3.73. The monoisotopic (exact) mass is 353 g/mol. The molecule has 26 heavy (non-hydrogen) atoms. The lowest BCUT2D eigenvalue weighted by Crippen LogP contribution is -2.13. The SMILES string of the molecule is COC(=O)CCc1cc(-c2cccc3n[nH]nc23)c(O)c(C(C)(C)C)c1. The quantitative estimate of drug-likeness (QED) is 0.698. The van der Waals surface area contributed by atoms with Crippen molar-refractivity contribution in [2.75, 3.05) is 7.11 Å². The van der Waals surface area contributed by atoms with Crippen LogP contribution in [-0.4, -0.2) is 33.6 Å². The van der Waals surface area contributed by atoms with Crippen LogP contribution in [0.4, 0.5) is 0 Å². The van der Waals surface area contributed by atoms with E-state index in [4.69, 9.17) is 4.74 Å². The van der Waals surface area contributed by atoms with Gasteiger partial charge in [0.15, 0.2) is 0 Å². The fourth-order valence-corrected chi connectivity index (χ4v) is 3.05. The number of aromatic hydroxyl groups is 1. The summed E-state index contributed by atoms with van der Waals surface area (Å²) in [6, 6.07) is 9.54. The first-order chi connectivity index (χ1) is 12.3. The Balaban J connectivity index is 2.17. The molecule has 3 aromatic rings. The molecule has 0 aliphatic carbocycles. The van der Waals surface area contributed by atoms with Crippen molar-refractivity contribution >= 4 is 17.0 Å². The summed E-state index contributed by atoms with van der Waals surface area (Å²) in [5, 5.41) is 21.9. The Morgan fingerprint density at radius 2 is 1.96 bits per heavy atom. The van der Waals surface area contributed by atoms with E-state index in [0.717, 1.165) is 22.2 Å². The summed E-state index contributed by atoms with van der Waals surface area (Å²) in [4.78, 5) is 11.5. The molecule has 0 aliphatic heterocycles. The maximum absolute atomic E-state index is 11.5. The minimum atomic E-state index is -0.254. The van der Waals surface area contributed by atoms with Crippen LogP contribution >= 0.6 is 0 Å². The first-order valence-corrected chi connectivity index (χ1v) is 8.54. The fraction of sp³-hybridized carbons (Fsp3) is 0.350. The van der Waals surface area contributed by atoms with Gasteiger partial charge in [0.25, 0.3) is 0 Å². The molecule has 0 saturated carbocycles. The summed E-state index contributed by atoms with van der Waals surface area (Å²) < 4.78 is 4.74. The van der Waals surface area contributed by atoms with Crippen molar-refractivity contribution in [3.05, 3.63) is 41.5 Å². The molecule has 0 fully saturated rings. The molecular formula is C20H23N3O3. The van der Waals surface area contributed by atoms with E-state index in [1.807, 2.05) is 51.1 Å². The number of aromatic amines is 1. The normalized spacial score (nSPS) is 11.7. The number of phenols is 1. The number of benzene rings is 2. The van der Waals surface area contributed by atoms with Gasteiger partial charge < -0.3 is 9.84 Å². The van der Waals surface area contributed by atoms with E-state index >= 15 is 0 Å².